The zero-order chi connectivity index (χ0) is 18.8. The van der Waals surface area contributed by atoms with E-state index in [1.54, 1.807) is 12.1 Å². The average molecular weight is 354 g/mol. The number of hydrogen-bond acceptors (Lipinski definition) is 3. The SMILES string of the molecule is CCc1ccc(-c2cc(-c3ccccc3)c3cc([N+](=O)[O-])ccc3n2)cc1. The Hall–Kier alpha value is -3.53. The molecule has 0 unspecified atom stereocenters. The molecule has 0 bridgehead atoms. The number of hydrogen-bond donors (Lipinski definition) is 0. The summed E-state index contributed by atoms with van der Waals surface area (Å²) in [7, 11) is 0. The topological polar surface area (TPSA) is 56.0 Å². The Labute approximate surface area is 157 Å². The summed E-state index contributed by atoms with van der Waals surface area (Å²) in [5.41, 5.74) is 5.94. The minimum absolute atomic E-state index is 0.0709. The molecule has 0 atom stereocenters. The maximum Gasteiger partial charge on any atom is 0.270 e. The molecule has 0 saturated carbocycles. The number of fused-ring (bicyclic) bond motifs is 1. The van der Waals surface area contributed by atoms with Gasteiger partial charge in [0.05, 0.1) is 16.1 Å². The van der Waals surface area contributed by atoms with E-state index >= 15 is 0 Å². The van der Waals surface area contributed by atoms with Crippen LogP contribution in [0.1, 0.15) is 12.5 Å². The molecule has 3 aromatic carbocycles. The minimum atomic E-state index is -0.369. The lowest BCUT2D eigenvalue weighted by Crippen LogP contribution is -1.93. The molecule has 0 radical (unpaired) electrons. The van der Waals surface area contributed by atoms with E-state index in [-0.39, 0.29) is 10.6 Å². The Balaban J connectivity index is 1.96. The molecule has 132 valence electrons. The molecule has 0 N–H and O–H groups in total. The monoisotopic (exact) mass is 354 g/mol. The van der Waals surface area contributed by atoms with E-state index in [1.807, 2.05) is 36.4 Å². The van der Waals surface area contributed by atoms with Gasteiger partial charge in [0.1, 0.15) is 0 Å². The lowest BCUT2D eigenvalue weighted by molar-refractivity contribution is -0.384. The van der Waals surface area contributed by atoms with Gasteiger partial charge in [-0.25, -0.2) is 4.98 Å². The van der Waals surface area contributed by atoms with Crippen LogP contribution in [0, 0.1) is 10.1 Å². The van der Waals surface area contributed by atoms with Crippen molar-refractivity contribution >= 4 is 16.6 Å². The predicted octanol–water partition coefficient (Wildman–Crippen LogP) is 6.04. The van der Waals surface area contributed by atoms with Crippen molar-refractivity contribution in [3.63, 3.8) is 0 Å². The van der Waals surface area contributed by atoms with Gasteiger partial charge in [-0.1, -0.05) is 61.5 Å². The molecule has 0 spiro atoms. The number of rotatable bonds is 4. The summed E-state index contributed by atoms with van der Waals surface area (Å²) in [5.74, 6) is 0. The van der Waals surface area contributed by atoms with E-state index in [9.17, 15) is 10.1 Å². The number of aromatic nitrogens is 1. The number of pyridine rings is 1. The van der Waals surface area contributed by atoms with Crippen molar-refractivity contribution in [3.05, 3.63) is 94.5 Å². The molecular formula is C23H18N2O2. The van der Waals surface area contributed by atoms with Gasteiger partial charge < -0.3 is 0 Å². The van der Waals surface area contributed by atoms with Gasteiger partial charge in [-0.2, -0.15) is 0 Å². The second-order valence-corrected chi connectivity index (χ2v) is 6.43. The van der Waals surface area contributed by atoms with E-state index in [4.69, 9.17) is 4.98 Å². The van der Waals surface area contributed by atoms with Crippen LogP contribution in [0.3, 0.4) is 0 Å². The average Bonchev–Trinajstić information content (AvgIpc) is 2.73. The minimum Gasteiger partial charge on any atom is -0.258 e. The van der Waals surface area contributed by atoms with Crippen molar-refractivity contribution in [1.82, 2.24) is 4.98 Å². The van der Waals surface area contributed by atoms with Crippen LogP contribution < -0.4 is 0 Å². The molecule has 0 saturated heterocycles. The lowest BCUT2D eigenvalue weighted by atomic mass is 9.97. The van der Waals surface area contributed by atoms with E-state index in [1.165, 1.54) is 11.6 Å². The standard InChI is InChI=1S/C23H18N2O2/c1-2-16-8-10-18(11-9-16)23-15-20(17-6-4-3-5-7-17)21-14-19(25(26)27)12-13-22(21)24-23/h3-15H,2H2,1H3. The molecule has 4 heteroatoms. The summed E-state index contributed by atoms with van der Waals surface area (Å²) in [6, 6.07) is 25.1. The highest BCUT2D eigenvalue weighted by Gasteiger charge is 2.13. The Bertz CT molecular complexity index is 1120. The Morgan fingerprint density at radius 2 is 1.63 bits per heavy atom. The van der Waals surface area contributed by atoms with Crippen molar-refractivity contribution in [3.8, 4) is 22.4 Å². The van der Waals surface area contributed by atoms with Gasteiger partial charge in [-0.05, 0) is 35.2 Å². The predicted molar refractivity (Wildman–Crippen MR) is 109 cm³/mol. The number of non-ortho nitro benzene ring substituents is 1. The first-order valence-corrected chi connectivity index (χ1v) is 8.89. The first kappa shape index (κ1) is 16.9. The molecule has 0 amide bonds. The molecule has 0 aliphatic carbocycles. The quantitative estimate of drug-likeness (QED) is 0.332. The van der Waals surface area contributed by atoms with Crippen molar-refractivity contribution < 1.29 is 4.92 Å². The third kappa shape index (κ3) is 3.29. The molecule has 0 aliphatic heterocycles. The molecule has 0 aliphatic rings. The Kier molecular flexibility index (Phi) is 4.38. The molecule has 27 heavy (non-hydrogen) atoms. The third-order valence-corrected chi connectivity index (χ3v) is 4.75. The van der Waals surface area contributed by atoms with E-state index in [0.29, 0.717) is 0 Å². The van der Waals surface area contributed by atoms with E-state index in [2.05, 4.69) is 31.2 Å². The summed E-state index contributed by atoms with van der Waals surface area (Å²) in [4.78, 5) is 15.6. The highest BCUT2D eigenvalue weighted by molar-refractivity contribution is 5.97. The fourth-order valence-electron chi connectivity index (χ4n) is 3.24. The van der Waals surface area contributed by atoms with Gasteiger partial charge in [0.15, 0.2) is 0 Å². The van der Waals surface area contributed by atoms with Gasteiger partial charge in [0, 0.05) is 23.1 Å². The van der Waals surface area contributed by atoms with Gasteiger partial charge in [-0.3, -0.25) is 10.1 Å². The maximum absolute atomic E-state index is 11.2. The second-order valence-electron chi connectivity index (χ2n) is 6.43. The third-order valence-electron chi connectivity index (χ3n) is 4.75. The van der Waals surface area contributed by atoms with Crippen LogP contribution >= 0.6 is 0 Å². The van der Waals surface area contributed by atoms with Gasteiger partial charge in [-0.15, -0.1) is 0 Å². The fraction of sp³-hybridized carbons (Fsp3) is 0.0870. The van der Waals surface area contributed by atoms with Gasteiger partial charge in [0.2, 0.25) is 0 Å². The van der Waals surface area contributed by atoms with Gasteiger partial charge >= 0.3 is 0 Å². The molecule has 1 aromatic heterocycles. The lowest BCUT2D eigenvalue weighted by Gasteiger charge is -2.11. The summed E-state index contributed by atoms with van der Waals surface area (Å²) in [6.45, 7) is 2.13. The summed E-state index contributed by atoms with van der Waals surface area (Å²) in [6.07, 6.45) is 0.990. The Morgan fingerprint density at radius 1 is 0.889 bits per heavy atom. The summed E-state index contributed by atoms with van der Waals surface area (Å²) < 4.78 is 0. The molecule has 0 fully saturated rings. The normalized spacial score (nSPS) is 10.9. The highest BCUT2D eigenvalue weighted by atomic mass is 16.6. The van der Waals surface area contributed by atoms with Crippen LogP contribution in [0.2, 0.25) is 0 Å². The first-order valence-electron chi connectivity index (χ1n) is 8.89. The number of aryl methyl sites for hydroxylation is 1. The highest BCUT2D eigenvalue weighted by Crippen LogP contribution is 2.34. The zero-order valence-electron chi connectivity index (χ0n) is 14.9. The zero-order valence-corrected chi connectivity index (χ0v) is 14.9. The summed E-state index contributed by atoms with van der Waals surface area (Å²) >= 11 is 0. The molecular weight excluding hydrogens is 336 g/mol. The number of nitro benzene ring substituents is 1. The van der Waals surface area contributed by atoms with Crippen molar-refractivity contribution in [2.45, 2.75) is 13.3 Å². The van der Waals surface area contributed by atoms with Crippen LogP contribution in [0.25, 0.3) is 33.3 Å². The van der Waals surface area contributed by atoms with E-state index < -0.39 is 0 Å². The smallest absolute Gasteiger partial charge is 0.258 e. The number of nitrogens with zero attached hydrogens (tertiary/aromatic N) is 2. The van der Waals surface area contributed by atoms with Crippen molar-refractivity contribution in [2.75, 3.05) is 0 Å². The number of benzene rings is 3. The van der Waals surface area contributed by atoms with Crippen LogP contribution in [0.4, 0.5) is 5.69 Å². The van der Waals surface area contributed by atoms with Crippen LogP contribution in [-0.4, -0.2) is 9.91 Å². The van der Waals surface area contributed by atoms with E-state index in [0.717, 1.165) is 39.7 Å². The summed E-state index contributed by atoms with van der Waals surface area (Å²) in [5, 5.41) is 12.0. The largest absolute Gasteiger partial charge is 0.270 e. The maximum atomic E-state index is 11.2. The van der Waals surface area contributed by atoms with Crippen LogP contribution in [0.15, 0.2) is 78.9 Å². The first-order chi connectivity index (χ1) is 13.2. The molecule has 4 aromatic rings. The fourth-order valence-corrected chi connectivity index (χ4v) is 3.24. The second kappa shape index (κ2) is 7.00. The Morgan fingerprint density at radius 3 is 2.30 bits per heavy atom. The molecule has 4 nitrogen and oxygen atoms in total. The van der Waals surface area contributed by atoms with Gasteiger partial charge in [0.25, 0.3) is 5.69 Å². The van der Waals surface area contributed by atoms with Crippen molar-refractivity contribution in [2.24, 2.45) is 0 Å². The molecule has 1 heterocycles. The number of nitro groups is 1. The van der Waals surface area contributed by atoms with Crippen molar-refractivity contribution in [1.29, 1.82) is 0 Å². The van der Waals surface area contributed by atoms with Crippen LogP contribution in [-0.2, 0) is 6.42 Å². The van der Waals surface area contributed by atoms with Crippen LogP contribution in [0.5, 0.6) is 0 Å². The molecule has 4 rings (SSSR count).